The number of allylic oxidation sites excluding steroid dienone is 3. The average molecular weight is 453 g/mol. The van der Waals surface area contributed by atoms with E-state index in [4.69, 9.17) is 4.74 Å². The van der Waals surface area contributed by atoms with E-state index in [1.165, 1.54) is 12.1 Å². The quantitative estimate of drug-likeness (QED) is 0.588. The summed E-state index contributed by atoms with van der Waals surface area (Å²) in [5.41, 5.74) is 0.607. The first-order valence-electron chi connectivity index (χ1n) is 11.3. The van der Waals surface area contributed by atoms with Crippen LogP contribution in [0.3, 0.4) is 0 Å². The molecule has 8 heteroatoms. The van der Waals surface area contributed by atoms with Crippen molar-refractivity contribution in [3.63, 3.8) is 0 Å². The highest BCUT2D eigenvalue weighted by Gasteiger charge is 2.45. The van der Waals surface area contributed by atoms with Crippen LogP contribution in [-0.2, 0) is 10.9 Å². The molecule has 5 atom stereocenters. The molecule has 5 nitrogen and oxygen atoms in total. The summed E-state index contributed by atoms with van der Waals surface area (Å²) >= 11 is 0. The molecule has 4 rings (SSSR count). The largest absolute Gasteiger partial charge is 0.416 e. The standard InChI is InChI=1S/C24H31F3N2O3/c25-24(26,27)17-6-9-21-20(14-17)23-19(22(28-21)16-4-2-1-3-5-16)8-7-18(32-23)15-29(10-12-30)11-13-31/h1-4,6,9,14,16,18-19,22-23,28,30-31H,5,7-8,10-13,15H2/t16?,18-,19+,22+,23+/m1/s1. The number of ether oxygens (including phenoxy) is 1. The van der Waals surface area contributed by atoms with Crippen molar-refractivity contribution in [2.75, 3.05) is 38.2 Å². The third kappa shape index (κ3) is 5.03. The van der Waals surface area contributed by atoms with Crippen molar-refractivity contribution in [3.05, 3.63) is 53.6 Å². The Hall–Kier alpha value is -1.87. The molecule has 0 spiro atoms. The summed E-state index contributed by atoms with van der Waals surface area (Å²) in [7, 11) is 0. The van der Waals surface area contributed by atoms with Gasteiger partial charge >= 0.3 is 6.18 Å². The van der Waals surface area contributed by atoms with Crippen molar-refractivity contribution < 1.29 is 28.1 Å². The third-order valence-corrected chi connectivity index (χ3v) is 6.79. The lowest BCUT2D eigenvalue weighted by Gasteiger charge is -2.48. The maximum absolute atomic E-state index is 13.4. The third-order valence-electron chi connectivity index (χ3n) is 6.79. The highest BCUT2D eigenvalue weighted by atomic mass is 19.4. The van der Waals surface area contributed by atoms with Crippen molar-refractivity contribution in [2.45, 2.75) is 43.7 Å². The number of aliphatic hydroxyl groups excluding tert-OH is 2. The highest BCUT2D eigenvalue weighted by Crippen LogP contribution is 2.49. The zero-order valence-corrected chi connectivity index (χ0v) is 18.0. The molecule has 1 aliphatic carbocycles. The van der Waals surface area contributed by atoms with Gasteiger partial charge in [-0.15, -0.1) is 0 Å². The van der Waals surface area contributed by atoms with Gasteiger partial charge in [-0.2, -0.15) is 13.2 Å². The molecule has 0 radical (unpaired) electrons. The second kappa shape index (κ2) is 9.95. The van der Waals surface area contributed by atoms with E-state index in [1.807, 2.05) is 17.1 Å². The lowest BCUT2D eigenvalue weighted by atomic mass is 9.73. The number of rotatable bonds is 7. The van der Waals surface area contributed by atoms with Gasteiger partial charge in [0.1, 0.15) is 0 Å². The van der Waals surface area contributed by atoms with Crippen LogP contribution in [0.2, 0.25) is 0 Å². The van der Waals surface area contributed by atoms with E-state index in [-0.39, 0.29) is 37.2 Å². The van der Waals surface area contributed by atoms with E-state index in [0.29, 0.717) is 30.9 Å². The van der Waals surface area contributed by atoms with Gasteiger partial charge < -0.3 is 20.3 Å². The molecule has 3 N–H and O–H groups in total. The first-order valence-corrected chi connectivity index (χ1v) is 11.3. The molecule has 1 aromatic carbocycles. The summed E-state index contributed by atoms with van der Waals surface area (Å²) in [6, 6.07) is 3.97. The van der Waals surface area contributed by atoms with Crippen LogP contribution in [0.5, 0.6) is 0 Å². The molecular weight excluding hydrogens is 421 g/mol. The molecule has 0 bridgehead atoms. The van der Waals surface area contributed by atoms with Crippen molar-refractivity contribution in [2.24, 2.45) is 11.8 Å². The number of alkyl halides is 3. The van der Waals surface area contributed by atoms with E-state index in [9.17, 15) is 23.4 Å². The molecule has 0 amide bonds. The van der Waals surface area contributed by atoms with Gasteiger partial charge in [0.15, 0.2) is 0 Å². The maximum Gasteiger partial charge on any atom is 0.416 e. The highest BCUT2D eigenvalue weighted by molar-refractivity contribution is 5.58. The number of hydrogen-bond acceptors (Lipinski definition) is 5. The summed E-state index contributed by atoms with van der Waals surface area (Å²) in [4.78, 5) is 1.94. The number of fused-ring (bicyclic) bond motifs is 3. The fraction of sp³-hybridized carbons (Fsp3) is 0.583. The van der Waals surface area contributed by atoms with Gasteiger partial charge in [-0.25, -0.2) is 0 Å². The predicted molar refractivity (Wildman–Crippen MR) is 116 cm³/mol. The summed E-state index contributed by atoms with van der Waals surface area (Å²) in [6.45, 7) is 1.33. The van der Waals surface area contributed by atoms with E-state index < -0.39 is 17.8 Å². The van der Waals surface area contributed by atoms with E-state index in [2.05, 4.69) is 17.5 Å². The van der Waals surface area contributed by atoms with Crippen molar-refractivity contribution >= 4 is 5.69 Å². The number of hydrogen-bond donors (Lipinski definition) is 3. The van der Waals surface area contributed by atoms with Crippen LogP contribution in [0.25, 0.3) is 0 Å². The molecule has 2 aliphatic heterocycles. The Morgan fingerprint density at radius 1 is 1.09 bits per heavy atom. The number of anilines is 1. The lowest BCUT2D eigenvalue weighted by molar-refractivity contribution is -0.138. The van der Waals surface area contributed by atoms with Gasteiger partial charge in [0, 0.05) is 48.8 Å². The number of nitrogens with zero attached hydrogens (tertiary/aromatic N) is 1. The Bertz CT molecular complexity index is 836. The fourth-order valence-electron chi connectivity index (χ4n) is 5.26. The van der Waals surface area contributed by atoms with Crippen LogP contribution in [-0.4, -0.2) is 60.1 Å². The minimum absolute atomic E-state index is 0.0237. The molecule has 0 saturated carbocycles. The van der Waals surface area contributed by atoms with Crippen molar-refractivity contribution in [1.82, 2.24) is 4.90 Å². The Morgan fingerprint density at radius 3 is 2.53 bits per heavy atom. The Labute approximate surface area is 186 Å². The summed E-state index contributed by atoms with van der Waals surface area (Å²) in [5, 5.41) is 22.1. The first-order chi connectivity index (χ1) is 15.4. The average Bonchev–Trinajstić information content (AvgIpc) is 2.78. The molecule has 3 aliphatic rings. The first kappa shape index (κ1) is 23.3. The molecule has 32 heavy (non-hydrogen) atoms. The summed E-state index contributed by atoms with van der Waals surface area (Å²) < 4.78 is 46.8. The van der Waals surface area contributed by atoms with Crippen LogP contribution >= 0.6 is 0 Å². The van der Waals surface area contributed by atoms with Gasteiger partial charge in [0.25, 0.3) is 0 Å². The predicted octanol–water partition coefficient (Wildman–Crippen LogP) is 3.75. The van der Waals surface area contributed by atoms with Crippen molar-refractivity contribution in [1.29, 1.82) is 0 Å². The molecule has 1 unspecified atom stereocenters. The molecule has 0 aromatic heterocycles. The lowest BCUT2D eigenvalue weighted by Crippen LogP contribution is -2.49. The number of halogens is 3. The molecular formula is C24H31F3N2O3. The molecule has 1 aromatic rings. The number of nitrogens with one attached hydrogen (secondary N) is 1. The minimum Gasteiger partial charge on any atom is -0.395 e. The Balaban J connectivity index is 1.62. The van der Waals surface area contributed by atoms with Crippen LogP contribution in [0.15, 0.2) is 42.5 Å². The monoisotopic (exact) mass is 452 g/mol. The topological polar surface area (TPSA) is 65.0 Å². The smallest absolute Gasteiger partial charge is 0.395 e. The SMILES string of the molecule is OCCN(CCO)C[C@H]1CC[C@@H]2[C@H](O1)c1cc(C(F)(F)F)ccc1N[C@H]2C1C=CC=CC1. The molecule has 1 saturated heterocycles. The molecule has 176 valence electrons. The van der Waals surface area contributed by atoms with Crippen molar-refractivity contribution in [3.8, 4) is 0 Å². The van der Waals surface area contributed by atoms with Gasteiger partial charge in [-0.05, 0) is 37.5 Å². The van der Waals surface area contributed by atoms with E-state index in [0.717, 1.165) is 25.3 Å². The van der Waals surface area contributed by atoms with E-state index >= 15 is 0 Å². The maximum atomic E-state index is 13.4. The van der Waals surface area contributed by atoms with Gasteiger partial charge in [0.2, 0.25) is 0 Å². The molecule has 1 fully saturated rings. The fourth-order valence-corrected chi connectivity index (χ4v) is 5.26. The zero-order chi connectivity index (χ0) is 22.7. The van der Waals surface area contributed by atoms with Crippen LogP contribution in [0.4, 0.5) is 18.9 Å². The van der Waals surface area contributed by atoms with Gasteiger partial charge in [-0.3, -0.25) is 4.90 Å². The van der Waals surface area contributed by atoms with Crippen LogP contribution < -0.4 is 5.32 Å². The van der Waals surface area contributed by atoms with Crippen LogP contribution in [0.1, 0.15) is 36.5 Å². The Kier molecular flexibility index (Phi) is 7.24. The second-order valence-electron chi connectivity index (χ2n) is 8.85. The van der Waals surface area contributed by atoms with E-state index in [1.54, 1.807) is 0 Å². The second-order valence-corrected chi connectivity index (χ2v) is 8.85. The Morgan fingerprint density at radius 2 is 1.88 bits per heavy atom. The summed E-state index contributed by atoms with van der Waals surface area (Å²) in [5.74, 6) is 0.316. The van der Waals surface area contributed by atoms with Gasteiger partial charge in [-0.1, -0.05) is 24.3 Å². The zero-order valence-electron chi connectivity index (χ0n) is 18.0. The number of benzene rings is 1. The van der Waals surface area contributed by atoms with Gasteiger partial charge in [0.05, 0.1) is 31.0 Å². The molecule has 2 heterocycles. The van der Waals surface area contributed by atoms with Crippen LogP contribution in [0, 0.1) is 11.8 Å². The normalized spacial score (nSPS) is 29.5. The minimum atomic E-state index is -4.41. The summed E-state index contributed by atoms with van der Waals surface area (Å²) in [6.07, 6.45) is 5.84. The number of aliphatic hydroxyl groups is 2.